The molecule has 112 valence electrons. The number of aromatic nitrogens is 2. The monoisotopic (exact) mass is 307 g/mol. The van der Waals surface area contributed by atoms with Crippen LogP contribution < -0.4 is 0 Å². The molecule has 2 heterocycles. The summed E-state index contributed by atoms with van der Waals surface area (Å²) in [7, 11) is 0. The molecule has 0 N–H and O–H groups in total. The lowest BCUT2D eigenvalue weighted by atomic mass is 10.3. The van der Waals surface area contributed by atoms with Crippen molar-refractivity contribution in [2.45, 2.75) is 13.3 Å². The van der Waals surface area contributed by atoms with Gasteiger partial charge in [-0.1, -0.05) is 6.08 Å². The third-order valence-electron chi connectivity index (χ3n) is 2.80. The van der Waals surface area contributed by atoms with Crippen molar-refractivity contribution >= 4 is 28.2 Å². The van der Waals surface area contributed by atoms with Crippen LogP contribution in [0.1, 0.15) is 12.6 Å². The number of imidazole rings is 1. The van der Waals surface area contributed by atoms with Crippen LogP contribution in [-0.4, -0.2) is 45.9 Å². The van der Waals surface area contributed by atoms with Gasteiger partial charge in [0.25, 0.3) is 0 Å². The van der Waals surface area contributed by atoms with Gasteiger partial charge in [-0.15, -0.1) is 17.9 Å². The second-order valence-corrected chi connectivity index (χ2v) is 5.24. The van der Waals surface area contributed by atoms with Gasteiger partial charge < -0.3 is 9.64 Å². The van der Waals surface area contributed by atoms with Crippen molar-refractivity contribution in [1.82, 2.24) is 14.3 Å². The third-order valence-corrected chi connectivity index (χ3v) is 3.57. The number of thiazole rings is 1. The second-order valence-electron chi connectivity index (χ2n) is 4.37. The number of esters is 1. The smallest absolute Gasteiger partial charge is 0.325 e. The van der Waals surface area contributed by atoms with Gasteiger partial charge >= 0.3 is 5.97 Å². The van der Waals surface area contributed by atoms with Crippen molar-refractivity contribution in [1.29, 1.82) is 0 Å². The molecule has 0 atom stereocenters. The molecule has 0 spiro atoms. The summed E-state index contributed by atoms with van der Waals surface area (Å²) in [4.78, 5) is 30.4. The molecule has 7 heteroatoms. The van der Waals surface area contributed by atoms with Crippen LogP contribution in [0.15, 0.2) is 30.4 Å². The Hall–Kier alpha value is -2.15. The van der Waals surface area contributed by atoms with Crippen LogP contribution in [0, 0.1) is 0 Å². The molecular weight excluding hydrogens is 290 g/mol. The first-order valence-electron chi connectivity index (χ1n) is 6.59. The number of hydrogen-bond donors (Lipinski definition) is 0. The molecule has 0 saturated carbocycles. The van der Waals surface area contributed by atoms with Crippen molar-refractivity contribution in [3.8, 4) is 0 Å². The van der Waals surface area contributed by atoms with Gasteiger partial charge in [-0.2, -0.15) is 0 Å². The van der Waals surface area contributed by atoms with Gasteiger partial charge in [-0.05, 0) is 6.92 Å². The number of hydrogen-bond acceptors (Lipinski definition) is 5. The van der Waals surface area contributed by atoms with E-state index in [0.29, 0.717) is 18.8 Å². The van der Waals surface area contributed by atoms with Crippen LogP contribution in [0.5, 0.6) is 0 Å². The van der Waals surface area contributed by atoms with Gasteiger partial charge in [-0.25, -0.2) is 4.98 Å². The second kappa shape index (κ2) is 7.03. The first-order chi connectivity index (χ1) is 10.1. The van der Waals surface area contributed by atoms with E-state index < -0.39 is 5.97 Å². The summed E-state index contributed by atoms with van der Waals surface area (Å²) >= 11 is 1.51. The molecule has 2 aromatic rings. The molecule has 0 saturated heterocycles. The maximum absolute atomic E-state index is 12.3. The van der Waals surface area contributed by atoms with Crippen LogP contribution in [-0.2, 0) is 20.7 Å². The van der Waals surface area contributed by atoms with E-state index in [2.05, 4.69) is 11.6 Å². The predicted octanol–water partition coefficient (Wildman–Crippen LogP) is 1.52. The first-order valence-corrected chi connectivity index (χ1v) is 7.47. The number of ether oxygens (including phenoxy) is 1. The van der Waals surface area contributed by atoms with Gasteiger partial charge in [0, 0.05) is 24.3 Å². The quantitative estimate of drug-likeness (QED) is 0.574. The van der Waals surface area contributed by atoms with Crippen LogP contribution >= 0.6 is 11.3 Å². The fraction of sp³-hybridized carbons (Fsp3) is 0.357. The lowest BCUT2D eigenvalue weighted by Crippen LogP contribution is -2.37. The zero-order valence-electron chi connectivity index (χ0n) is 11.8. The van der Waals surface area contributed by atoms with Crippen molar-refractivity contribution in [3.05, 3.63) is 36.1 Å². The minimum Gasteiger partial charge on any atom is -0.465 e. The van der Waals surface area contributed by atoms with Crippen LogP contribution in [0.4, 0.5) is 0 Å². The molecule has 0 aromatic carbocycles. The fourth-order valence-electron chi connectivity index (χ4n) is 1.90. The number of rotatable bonds is 7. The van der Waals surface area contributed by atoms with Gasteiger partial charge in [0.1, 0.15) is 6.54 Å². The van der Waals surface area contributed by atoms with Crippen molar-refractivity contribution in [2.24, 2.45) is 0 Å². The minimum atomic E-state index is -0.418. The highest BCUT2D eigenvalue weighted by Crippen LogP contribution is 2.12. The SMILES string of the molecule is C=CCN(CC(=O)OCC)C(=O)Cc1cn2ccsc2n1. The minimum absolute atomic E-state index is 0.0685. The number of amides is 1. The number of carbonyl (C=O) groups is 2. The highest BCUT2D eigenvalue weighted by atomic mass is 32.1. The Balaban J connectivity index is 2.01. The van der Waals surface area contributed by atoms with Crippen molar-refractivity contribution < 1.29 is 14.3 Å². The third kappa shape index (κ3) is 3.91. The van der Waals surface area contributed by atoms with E-state index in [0.717, 1.165) is 4.96 Å². The molecule has 0 aliphatic rings. The largest absolute Gasteiger partial charge is 0.465 e. The summed E-state index contributed by atoms with van der Waals surface area (Å²) in [5, 5.41) is 1.93. The van der Waals surface area contributed by atoms with Crippen molar-refractivity contribution in [2.75, 3.05) is 19.7 Å². The van der Waals surface area contributed by atoms with Crippen LogP contribution in [0.25, 0.3) is 4.96 Å². The lowest BCUT2D eigenvalue weighted by Gasteiger charge is -2.19. The molecule has 0 radical (unpaired) electrons. The van der Waals surface area contributed by atoms with E-state index in [1.807, 2.05) is 22.2 Å². The molecule has 0 aliphatic heterocycles. The van der Waals surface area contributed by atoms with E-state index in [-0.39, 0.29) is 18.9 Å². The molecule has 2 aromatic heterocycles. The Morgan fingerprint density at radius 3 is 3.05 bits per heavy atom. The van der Waals surface area contributed by atoms with Gasteiger partial charge in [-0.3, -0.25) is 14.0 Å². The number of fused-ring (bicyclic) bond motifs is 1. The van der Waals surface area contributed by atoms with Gasteiger partial charge in [0.15, 0.2) is 4.96 Å². The molecule has 0 aliphatic carbocycles. The standard InChI is InChI=1S/C14H17N3O3S/c1-3-5-16(10-13(19)20-4-2)12(18)8-11-9-17-6-7-21-14(17)15-11/h3,6-7,9H,1,4-5,8,10H2,2H3. The van der Waals surface area contributed by atoms with Gasteiger partial charge in [0.05, 0.1) is 18.7 Å². The summed E-state index contributed by atoms with van der Waals surface area (Å²) in [6.45, 7) is 5.87. The molecule has 6 nitrogen and oxygen atoms in total. The van der Waals surface area contributed by atoms with Crippen LogP contribution in [0.3, 0.4) is 0 Å². The zero-order chi connectivity index (χ0) is 15.2. The van der Waals surface area contributed by atoms with E-state index in [4.69, 9.17) is 4.74 Å². The van der Waals surface area contributed by atoms with E-state index in [1.165, 1.54) is 16.2 Å². The van der Waals surface area contributed by atoms with E-state index in [9.17, 15) is 9.59 Å². The summed E-state index contributed by atoms with van der Waals surface area (Å²) in [5.74, 6) is -0.591. The van der Waals surface area contributed by atoms with E-state index >= 15 is 0 Å². The Morgan fingerprint density at radius 2 is 2.38 bits per heavy atom. The average Bonchev–Trinajstić information content (AvgIpc) is 2.99. The normalized spacial score (nSPS) is 10.5. The molecule has 2 rings (SSSR count). The molecular formula is C14H17N3O3S. The Bertz CT molecular complexity index is 618. The maximum atomic E-state index is 12.3. The van der Waals surface area contributed by atoms with Crippen molar-refractivity contribution in [3.63, 3.8) is 0 Å². The highest BCUT2D eigenvalue weighted by Gasteiger charge is 2.18. The fourth-order valence-corrected chi connectivity index (χ4v) is 2.62. The van der Waals surface area contributed by atoms with Crippen LogP contribution in [0.2, 0.25) is 0 Å². The predicted molar refractivity (Wildman–Crippen MR) is 80.2 cm³/mol. The molecule has 0 fully saturated rings. The highest BCUT2D eigenvalue weighted by molar-refractivity contribution is 7.15. The summed E-state index contributed by atoms with van der Waals surface area (Å²) in [6, 6.07) is 0. The Kier molecular flexibility index (Phi) is 5.10. The molecule has 0 bridgehead atoms. The summed E-state index contributed by atoms with van der Waals surface area (Å²) < 4.78 is 6.74. The molecule has 0 unspecified atom stereocenters. The Morgan fingerprint density at radius 1 is 1.57 bits per heavy atom. The number of nitrogens with zero attached hydrogens (tertiary/aromatic N) is 3. The summed E-state index contributed by atoms with van der Waals surface area (Å²) in [6.07, 6.45) is 5.45. The average molecular weight is 307 g/mol. The maximum Gasteiger partial charge on any atom is 0.325 e. The Labute approximate surface area is 126 Å². The zero-order valence-corrected chi connectivity index (χ0v) is 12.6. The topological polar surface area (TPSA) is 63.9 Å². The number of carbonyl (C=O) groups excluding carboxylic acids is 2. The molecule has 1 amide bonds. The molecule has 21 heavy (non-hydrogen) atoms. The first kappa shape index (κ1) is 15.2. The lowest BCUT2D eigenvalue weighted by molar-refractivity contribution is -0.148. The summed E-state index contributed by atoms with van der Waals surface area (Å²) in [5.41, 5.74) is 0.685. The van der Waals surface area contributed by atoms with Gasteiger partial charge in [0.2, 0.25) is 5.91 Å². The van der Waals surface area contributed by atoms with E-state index in [1.54, 1.807) is 13.0 Å².